The predicted molar refractivity (Wildman–Crippen MR) is 259 cm³/mol. The van der Waals surface area contributed by atoms with Crippen LogP contribution in [-0.4, -0.2) is 0 Å². The number of benzene rings is 10. The van der Waals surface area contributed by atoms with E-state index in [1.54, 1.807) is 0 Å². The molecule has 0 bridgehead atoms. The first-order chi connectivity index (χ1) is 30.1. The third-order valence-corrected chi connectivity index (χ3v) is 12.6. The zero-order valence-electron chi connectivity index (χ0n) is 34.3. The lowest BCUT2D eigenvalue weighted by Crippen LogP contribution is -2.17. The first-order valence-corrected chi connectivity index (χ1v) is 21.2. The van der Waals surface area contributed by atoms with Crippen molar-refractivity contribution in [1.29, 1.82) is 0 Å². The highest BCUT2D eigenvalue weighted by atomic mass is 15.2. The second kappa shape index (κ2) is 14.9. The van der Waals surface area contributed by atoms with Crippen molar-refractivity contribution in [2.75, 3.05) is 9.80 Å². The number of fused-ring (bicyclic) bond motifs is 5. The molecule has 1 aliphatic carbocycles. The molecule has 0 aromatic heterocycles. The van der Waals surface area contributed by atoms with Gasteiger partial charge in [-0.2, -0.15) is 0 Å². The Bertz CT molecular complexity index is 3210. The lowest BCUT2D eigenvalue weighted by molar-refractivity contribution is 0.661. The highest BCUT2D eigenvalue weighted by Crippen LogP contribution is 2.57. The SMILES string of the molecule is CC1(C)c2ccccc2-c2cc3c(N(c4ccccc4)c4ccccc4-c4ccccc4)c4ccccc4c(N(c4ccccc4)c4ccccc4-c4ccccc4)c3cc21. The summed E-state index contributed by atoms with van der Waals surface area (Å²) in [6, 6.07) is 84.2. The van der Waals surface area contributed by atoms with Gasteiger partial charge in [0.2, 0.25) is 0 Å². The molecule has 0 saturated carbocycles. The Hall–Kier alpha value is -7.68. The molecule has 0 aliphatic heterocycles. The maximum Gasteiger partial charge on any atom is 0.0620 e. The maximum atomic E-state index is 2.53. The fraction of sp³-hybridized carbons (Fsp3) is 0.0508. The fourth-order valence-electron chi connectivity index (χ4n) is 9.80. The van der Waals surface area contributed by atoms with Crippen LogP contribution in [0.2, 0.25) is 0 Å². The van der Waals surface area contributed by atoms with E-state index in [2.05, 4.69) is 254 Å². The van der Waals surface area contributed by atoms with E-state index >= 15 is 0 Å². The molecular formula is C59H44N2. The zero-order valence-corrected chi connectivity index (χ0v) is 34.3. The fourth-order valence-corrected chi connectivity index (χ4v) is 9.80. The van der Waals surface area contributed by atoms with Crippen LogP contribution in [0.15, 0.2) is 231 Å². The van der Waals surface area contributed by atoms with Gasteiger partial charge in [0.05, 0.1) is 22.7 Å². The predicted octanol–water partition coefficient (Wildman–Crippen LogP) is 16.6. The second-order valence-corrected chi connectivity index (χ2v) is 16.5. The van der Waals surface area contributed by atoms with E-state index in [0.717, 1.165) is 34.1 Å². The average molecular weight is 781 g/mol. The summed E-state index contributed by atoms with van der Waals surface area (Å²) in [5.41, 5.74) is 16.5. The van der Waals surface area contributed by atoms with Crippen LogP contribution >= 0.6 is 0 Å². The van der Waals surface area contributed by atoms with Crippen molar-refractivity contribution >= 4 is 55.7 Å². The van der Waals surface area contributed by atoms with Gasteiger partial charge in [0.1, 0.15) is 0 Å². The molecule has 0 fully saturated rings. The number of hydrogen-bond acceptors (Lipinski definition) is 2. The zero-order chi connectivity index (χ0) is 40.9. The molecule has 61 heavy (non-hydrogen) atoms. The van der Waals surface area contributed by atoms with Crippen LogP contribution in [0.5, 0.6) is 0 Å². The number of rotatable bonds is 8. The molecule has 2 heteroatoms. The molecule has 0 N–H and O–H groups in total. The van der Waals surface area contributed by atoms with Crippen molar-refractivity contribution < 1.29 is 0 Å². The lowest BCUT2D eigenvalue weighted by atomic mass is 9.81. The van der Waals surface area contributed by atoms with Crippen LogP contribution < -0.4 is 9.80 Å². The third-order valence-electron chi connectivity index (χ3n) is 12.6. The molecule has 10 aromatic rings. The number of para-hydroxylation sites is 4. The first-order valence-electron chi connectivity index (χ1n) is 21.2. The van der Waals surface area contributed by atoms with Crippen LogP contribution in [-0.2, 0) is 5.41 Å². The van der Waals surface area contributed by atoms with Gasteiger partial charge in [-0.1, -0.05) is 196 Å². The topological polar surface area (TPSA) is 6.48 Å². The van der Waals surface area contributed by atoms with Crippen LogP contribution in [0.25, 0.3) is 54.9 Å². The molecule has 11 rings (SSSR count). The van der Waals surface area contributed by atoms with Gasteiger partial charge in [0.25, 0.3) is 0 Å². The Morgan fingerprint density at radius 3 is 1.16 bits per heavy atom. The summed E-state index contributed by atoms with van der Waals surface area (Å²) in [7, 11) is 0. The molecule has 0 heterocycles. The summed E-state index contributed by atoms with van der Waals surface area (Å²) in [5, 5.41) is 4.71. The van der Waals surface area contributed by atoms with E-state index in [9.17, 15) is 0 Å². The molecule has 2 nitrogen and oxygen atoms in total. The third kappa shape index (κ3) is 6.02. The highest BCUT2D eigenvalue weighted by Gasteiger charge is 2.37. The summed E-state index contributed by atoms with van der Waals surface area (Å²) in [6.07, 6.45) is 0. The van der Waals surface area contributed by atoms with Gasteiger partial charge in [-0.15, -0.1) is 0 Å². The molecule has 10 aromatic carbocycles. The number of hydrogen-bond donors (Lipinski definition) is 0. The smallest absolute Gasteiger partial charge is 0.0620 e. The molecule has 290 valence electrons. The molecule has 1 aliphatic rings. The van der Waals surface area contributed by atoms with E-state index in [0.29, 0.717) is 0 Å². The van der Waals surface area contributed by atoms with E-state index in [-0.39, 0.29) is 5.41 Å². The monoisotopic (exact) mass is 780 g/mol. The number of anilines is 6. The van der Waals surface area contributed by atoms with Gasteiger partial charge < -0.3 is 9.80 Å². The van der Waals surface area contributed by atoms with Gasteiger partial charge in [-0.3, -0.25) is 0 Å². The summed E-state index contributed by atoms with van der Waals surface area (Å²) < 4.78 is 0. The molecule has 0 unspecified atom stereocenters. The molecule has 0 radical (unpaired) electrons. The second-order valence-electron chi connectivity index (χ2n) is 16.5. The van der Waals surface area contributed by atoms with Crippen molar-refractivity contribution in [3.05, 3.63) is 242 Å². The minimum Gasteiger partial charge on any atom is -0.309 e. The molecule has 0 saturated heterocycles. The molecular weight excluding hydrogens is 737 g/mol. The van der Waals surface area contributed by atoms with Gasteiger partial charge in [0, 0.05) is 49.5 Å². The molecule has 0 amide bonds. The van der Waals surface area contributed by atoms with Crippen molar-refractivity contribution in [2.45, 2.75) is 19.3 Å². The minimum atomic E-state index is -0.207. The molecule has 0 spiro atoms. The lowest BCUT2D eigenvalue weighted by Gasteiger charge is -2.35. The van der Waals surface area contributed by atoms with Gasteiger partial charge in [-0.05, 0) is 81.9 Å². The van der Waals surface area contributed by atoms with Gasteiger partial charge >= 0.3 is 0 Å². The standard InChI is InChI=1S/C59H44N2/c1-59(2)53-36-20-17-33-47(53)50-39-51-52(40-54(50)59)58(61(44-29-13-6-14-30-44)56-38-22-19-32-46(56)42-25-9-4-10-26-42)49-35-16-15-34-48(49)57(51)60(43-27-11-5-12-28-43)55-37-21-18-31-45(55)41-23-7-3-8-24-41/h3-40H,1-2H3. The highest BCUT2D eigenvalue weighted by molar-refractivity contribution is 6.25. The van der Waals surface area contributed by atoms with E-state index in [4.69, 9.17) is 0 Å². The Morgan fingerprint density at radius 1 is 0.295 bits per heavy atom. The van der Waals surface area contributed by atoms with Crippen molar-refractivity contribution in [3.8, 4) is 33.4 Å². The van der Waals surface area contributed by atoms with E-state index < -0.39 is 0 Å². The summed E-state index contributed by atoms with van der Waals surface area (Å²) in [5.74, 6) is 0. The summed E-state index contributed by atoms with van der Waals surface area (Å²) >= 11 is 0. The van der Waals surface area contributed by atoms with Crippen LogP contribution in [0.1, 0.15) is 25.0 Å². The van der Waals surface area contributed by atoms with Crippen molar-refractivity contribution in [2.24, 2.45) is 0 Å². The van der Waals surface area contributed by atoms with Crippen LogP contribution in [0, 0.1) is 0 Å². The Labute approximate surface area is 358 Å². The quantitative estimate of drug-likeness (QED) is 0.112. The Balaban J connectivity index is 1.33. The minimum absolute atomic E-state index is 0.207. The van der Waals surface area contributed by atoms with Crippen molar-refractivity contribution in [3.63, 3.8) is 0 Å². The largest absolute Gasteiger partial charge is 0.309 e. The summed E-state index contributed by atoms with van der Waals surface area (Å²) in [4.78, 5) is 5.03. The maximum absolute atomic E-state index is 2.53. The molecule has 0 atom stereocenters. The first kappa shape index (κ1) is 36.4. The van der Waals surface area contributed by atoms with E-state index in [1.165, 1.54) is 66.1 Å². The number of nitrogens with zero attached hydrogens (tertiary/aromatic N) is 2. The summed E-state index contributed by atoms with van der Waals surface area (Å²) in [6.45, 7) is 4.77. The van der Waals surface area contributed by atoms with Crippen LogP contribution in [0.4, 0.5) is 34.1 Å². The normalized spacial score (nSPS) is 12.6. The average Bonchev–Trinajstić information content (AvgIpc) is 3.55. The van der Waals surface area contributed by atoms with E-state index in [1.807, 2.05) is 0 Å². The Kier molecular flexibility index (Phi) is 8.86. The van der Waals surface area contributed by atoms with Crippen molar-refractivity contribution in [1.82, 2.24) is 0 Å². The Morgan fingerprint density at radius 2 is 0.672 bits per heavy atom. The van der Waals surface area contributed by atoms with Crippen LogP contribution in [0.3, 0.4) is 0 Å². The van der Waals surface area contributed by atoms with Gasteiger partial charge in [-0.25, -0.2) is 0 Å². The van der Waals surface area contributed by atoms with Gasteiger partial charge in [0.15, 0.2) is 0 Å².